The smallest absolute Gasteiger partial charge is 0.208 e. The Morgan fingerprint density at radius 2 is 2.00 bits per heavy atom. The summed E-state index contributed by atoms with van der Waals surface area (Å²) in [5.41, 5.74) is 6.16. The van der Waals surface area contributed by atoms with Crippen molar-refractivity contribution in [3.8, 4) is 11.8 Å². The van der Waals surface area contributed by atoms with Gasteiger partial charge < -0.3 is 10.5 Å². The van der Waals surface area contributed by atoms with Crippen molar-refractivity contribution in [2.45, 2.75) is 0 Å². The highest BCUT2D eigenvalue weighted by Gasteiger charge is 2.14. The average molecular weight is 212 g/mol. The van der Waals surface area contributed by atoms with E-state index in [2.05, 4.69) is 0 Å². The second-order valence-electron chi connectivity index (χ2n) is 3.19. The van der Waals surface area contributed by atoms with E-state index in [1.165, 1.54) is 12.2 Å². The predicted molar refractivity (Wildman–Crippen MR) is 57.4 cm³/mol. The van der Waals surface area contributed by atoms with Crippen LogP contribution in [-0.2, 0) is 0 Å². The molecule has 0 saturated carbocycles. The lowest BCUT2D eigenvalue weighted by Crippen LogP contribution is -2.13. The molecule has 0 bridgehead atoms. The van der Waals surface area contributed by atoms with E-state index in [-0.39, 0.29) is 17.2 Å². The second kappa shape index (κ2) is 3.91. The summed E-state index contributed by atoms with van der Waals surface area (Å²) < 4.78 is 5.27. The number of para-hydroxylation sites is 1. The van der Waals surface area contributed by atoms with E-state index in [0.717, 1.165) is 0 Å². The Kier molecular flexibility index (Phi) is 2.44. The first-order valence-electron chi connectivity index (χ1n) is 4.61. The summed E-state index contributed by atoms with van der Waals surface area (Å²) in [6.45, 7) is 0. The Hall–Kier alpha value is -2.54. The molecule has 2 rings (SSSR count). The minimum Gasteiger partial charge on any atom is -0.439 e. The molecule has 0 saturated heterocycles. The van der Waals surface area contributed by atoms with Crippen molar-refractivity contribution in [1.29, 1.82) is 5.26 Å². The molecule has 1 aromatic rings. The number of nitriles is 1. The van der Waals surface area contributed by atoms with Crippen LogP contribution >= 0.6 is 0 Å². The highest BCUT2D eigenvalue weighted by molar-refractivity contribution is 6.07. The lowest BCUT2D eigenvalue weighted by atomic mass is 10.1. The summed E-state index contributed by atoms with van der Waals surface area (Å²) >= 11 is 0. The number of ketones is 1. The van der Waals surface area contributed by atoms with Crippen LogP contribution in [0.5, 0.6) is 5.75 Å². The number of rotatable bonds is 0. The maximum atomic E-state index is 11.7. The van der Waals surface area contributed by atoms with E-state index in [1.807, 2.05) is 6.07 Å². The molecule has 0 atom stereocenters. The normalized spacial score (nSPS) is 21.1. The zero-order valence-electron chi connectivity index (χ0n) is 8.31. The van der Waals surface area contributed by atoms with E-state index in [9.17, 15) is 4.79 Å². The summed E-state index contributed by atoms with van der Waals surface area (Å²) in [5, 5.41) is 8.78. The molecule has 2 N–H and O–H groups in total. The number of hydrogen-bond donors (Lipinski definition) is 1. The molecule has 16 heavy (non-hydrogen) atoms. The number of benzene rings is 1. The number of fused-ring (bicyclic) bond motifs is 1. The lowest BCUT2D eigenvalue weighted by Gasteiger charge is -2.11. The topological polar surface area (TPSA) is 76.1 Å². The van der Waals surface area contributed by atoms with Gasteiger partial charge >= 0.3 is 0 Å². The van der Waals surface area contributed by atoms with Crippen LogP contribution in [0.3, 0.4) is 0 Å². The molecule has 1 heterocycles. The van der Waals surface area contributed by atoms with Gasteiger partial charge in [-0.1, -0.05) is 12.1 Å². The Morgan fingerprint density at radius 1 is 1.25 bits per heavy atom. The first-order valence-corrected chi connectivity index (χ1v) is 4.61. The Labute approximate surface area is 92.2 Å². The zero-order chi connectivity index (χ0) is 11.5. The van der Waals surface area contributed by atoms with Crippen LogP contribution in [0.1, 0.15) is 10.4 Å². The highest BCUT2D eigenvalue weighted by Crippen LogP contribution is 2.23. The first-order chi connectivity index (χ1) is 7.72. The van der Waals surface area contributed by atoms with E-state index < -0.39 is 0 Å². The molecule has 0 fully saturated rings. The third-order valence-corrected chi connectivity index (χ3v) is 2.16. The van der Waals surface area contributed by atoms with Gasteiger partial charge in [0.15, 0.2) is 5.78 Å². The SMILES string of the molecule is N#CC1=C(\N)Oc2ccccc2C(=O)/C=C\1. The third-order valence-electron chi connectivity index (χ3n) is 2.16. The molecular formula is C12H8N2O2. The van der Waals surface area contributed by atoms with Crippen molar-refractivity contribution in [3.05, 3.63) is 53.4 Å². The molecule has 0 aliphatic carbocycles. The van der Waals surface area contributed by atoms with Gasteiger partial charge in [-0.25, -0.2) is 0 Å². The van der Waals surface area contributed by atoms with Crippen LogP contribution in [0.4, 0.5) is 0 Å². The Balaban J connectivity index is 2.59. The van der Waals surface area contributed by atoms with Gasteiger partial charge in [-0.15, -0.1) is 0 Å². The van der Waals surface area contributed by atoms with Crippen molar-refractivity contribution < 1.29 is 9.53 Å². The maximum Gasteiger partial charge on any atom is 0.208 e. The minimum absolute atomic E-state index is 0.00120. The highest BCUT2D eigenvalue weighted by atomic mass is 16.5. The molecule has 4 heteroatoms. The van der Waals surface area contributed by atoms with Gasteiger partial charge in [-0.2, -0.15) is 5.26 Å². The van der Waals surface area contributed by atoms with Crippen molar-refractivity contribution in [1.82, 2.24) is 0 Å². The van der Waals surface area contributed by atoms with Crippen LogP contribution in [-0.4, -0.2) is 5.78 Å². The number of hydrogen-bond acceptors (Lipinski definition) is 4. The van der Waals surface area contributed by atoms with Gasteiger partial charge in [0, 0.05) is 0 Å². The second-order valence-corrected chi connectivity index (χ2v) is 3.19. The lowest BCUT2D eigenvalue weighted by molar-refractivity contribution is 0.104. The zero-order valence-corrected chi connectivity index (χ0v) is 8.31. The molecule has 1 aliphatic heterocycles. The van der Waals surface area contributed by atoms with Crippen LogP contribution in [0.25, 0.3) is 0 Å². The third kappa shape index (κ3) is 1.66. The number of carbonyl (C=O) groups excluding carboxylic acids is 1. The number of carbonyl (C=O) groups is 1. The number of allylic oxidation sites excluding steroid dienone is 3. The van der Waals surface area contributed by atoms with Crippen LogP contribution < -0.4 is 10.5 Å². The molecular weight excluding hydrogens is 204 g/mol. The molecule has 0 amide bonds. The molecule has 0 unspecified atom stereocenters. The van der Waals surface area contributed by atoms with E-state index >= 15 is 0 Å². The average Bonchev–Trinajstić information content (AvgIpc) is 2.28. The molecule has 1 aliphatic rings. The van der Waals surface area contributed by atoms with Gasteiger partial charge in [0.05, 0.1) is 5.56 Å². The van der Waals surface area contributed by atoms with Gasteiger partial charge in [-0.3, -0.25) is 4.79 Å². The van der Waals surface area contributed by atoms with Crippen molar-refractivity contribution in [3.63, 3.8) is 0 Å². The predicted octanol–water partition coefficient (Wildman–Crippen LogP) is 1.51. The number of nitrogens with two attached hydrogens (primary N) is 1. The van der Waals surface area contributed by atoms with Gasteiger partial charge in [0.25, 0.3) is 0 Å². The van der Waals surface area contributed by atoms with E-state index in [4.69, 9.17) is 15.7 Å². The summed E-state index contributed by atoms with van der Waals surface area (Å²) in [5.74, 6) is 0.150. The molecule has 0 aromatic heterocycles. The Morgan fingerprint density at radius 3 is 2.75 bits per heavy atom. The summed E-state index contributed by atoms with van der Waals surface area (Å²) in [6.07, 6.45) is 2.67. The fraction of sp³-hybridized carbons (Fsp3) is 0. The Bertz CT molecular complexity index is 550. The number of nitrogens with zero attached hydrogens (tertiary/aromatic N) is 1. The van der Waals surface area contributed by atoms with Gasteiger partial charge in [0.2, 0.25) is 5.88 Å². The van der Waals surface area contributed by atoms with E-state index in [1.54, 1.807) is 24.3 Å². The quantitative estimate of drug-likeness (QED) is 0.707. The van der Waals surface area contributed by atoms with Gasteiger partial charge in [-0.05, 0) is 24.3 Å². The van der Waals surface area contributed by atoms with Crippen molar-refractivity contribution in [2.75, 3.05) is 0 Å². The summed E-state index contributed by atoms with van der Waals surface area (Å²) in [7, 11) is 0. The van der Waals surface area contributed by atoms with E-state index in [0.29, 0.717) is 11.3 Å². The summed E-state index contributed by atoms with van der Waals surface area (Å²) in [6, 6.07) is 8.61. The standard InChI is InChI=1S/C12H8N2O2/c13-7-8-5-6-10(15)9-3-1-2-4-11(9)16-12(8)14/h1-6H,14H2/b6-5-,12-8+. The molecule has 4 nitrogen and oxygen atoms in total. The van der Waals surface area contributed by atoms with Crippen molar-refractivity contribution in [2.24, 2.45) is 5.73 Å². The minimum atomic E-state index is -0.212. The molecule has 1 aromatic carbocycles. The van der Waals surface area contributed by atoms with Gasteiger partial charge in [0.1, 0.15) is 17.4 Å². The first kappa shape index (κ1) is 9.99. The number of ether oxygens (including phenoxy) is 1. The fourth-order valence-electron chi connectivity index (χ4n) is 1.36. The molecule has 78 valence electrons. The van der Waals surface area contributed by atoms with Crippen LogP contribution in [0, 0.1) is 11.3 Å². The maximum absolute atomic E-state index is 11.7. The molecule has 0 spiro atoms. The van der Waals surface area contributed by atoms with Crippen molar-refractivity contribution >= 4 is 5.78 Å². The summed E-state index contributed by atoms with van der Waals surface area (Å²) in [4.78, 5) is 11.7. The van der Waals surface area contributed by atoms with Crippen LogP contribution in [0.2, 0.25) is 0 Å². The molecule has 0 radical (unpaired) electrons. The largest absolute Gasteiger partial charge is 0.439 e. The fourth-order valence-corrected chi connectivity index (χ4v) is 1.36. The monoisotopic (exact) mass is 212 g/mol. The van der Waals surface area contributed by atoms with Crippen LogP contribution in [0.15, 0.2) is 47.9 Å².